The molecule has 1 saturated heterocycles. The molecule has 1 N–H and O–H groups in total. The zero-order valence-electron chi connectivity index (χ0n) is 6.75. The zero-order valence-corrected chi connectivity index (χ0v) is 6.75. The number of aliphatic hydroxyl groups excluding tert-OH is 1. The maximum absolute atomic E-state index is 10.7. The molecule has 3 nitrogen and oxygen atoms in total. The molecule has 0 spiro atoms. The van der Waals surface area contributed by atoms with Crippen LogP contribution in [0.1, 0.15) is 19.8 Å². The minimum atomic E-state index is -0.437. The molecule has 2 atom stereocenters. The van der Waals surface area contributed by atoms with Crippen molar-refractivity contribution in [3.63, 3.8) is 0 Å². The van der Waals surface area contributed by atoms with Crippen LogP contribution in [0.4, 0.5) is 0 Å². The van der Waals surface area contributed by atoms with E-state index in [2.05, 4.69) is 0 Å². The quantitative estimate of drug-likeness (QED) is 0.631. The predicted octanol–water partition coefficient (Wildman–Crippen LogP) is 0.363. The van der Waals surface area contributed by atoms with E-state index in [9.17, 15) is 9.90 Å². The molecular formula is C8H14O3. The maximum Gasteiger partial charge on any atom is 0.130 e. The minimum Gasteiger partial charge on any atom is -0.390 e. The molecule has 1 heterocycles. The van der Waals surface area contributed by atoms with Gasteiger partial charge in [-0.3, -0.25) is 0 Å². The van der Waals surface area contributed by atoms with Crippen molar-refractivity contribution in [1.82, 2.24) is 0 Å². The third-order valence-electron chi connectivity index (χ3n) is 2.02. The van der Waals surface area contributed by atoms with Crippen molar-refractivity contribution in [3.8, 4) is 0 Å². The largest absolute Gasteiger partial charge is 0.390 e. The van der Waals surface area contributed by atoms with E-state index in [0.29, 0.717) is 19.6 Å². The summed E-state index contributed by atoms with van der Waals surface area (Å²) in [6, 6.07) is 0. The lowest BCUT2D eigenvalue weighted by Gasteiger charge is -2.26. The van der Waals surface area contributed by atoms with Crippen LogP contribution in [0.25, 0.3) is 0 Å². The Kier molecular flexibility index (Phi) is 3.02. The number of ether oxygens (including phenoxy) is 1. The van der Waals surface area contributed by atoms with Gasteiger partial charge in [-0.05, 0) is 19.3 Å². The summed E-state index contributed by atoms with van der Waals surface area (Å²) in [4.78, 5) is 10.7. The fraction of sp³-hybridized carbons (Fsp3) is 0.875. The van der Waals surface area contributed by atoms with Crippen LogP contribution in [-0.2, 0) is 9.53 Å². The highest BCUT2D eigenvalue weighted by Gasteiger charge is 2.24. The summed E-state index contributed by atoms with van der Waals surface area (Å²) in [5.74, 6) is 0.275. The SMILES string of the molecule is CC(=O)CC1CCOCC1O. The Morgan fingerprint density at radius 1 is 1.73 bits per heavy atom. The topological polar surface area (TPSA) is 46.5 Å². The lowest BCUT2D eigenvalue weighted by molar-refractivity contribution is -0.121. The molecule has 0 aliphatic carbocycles. The Morgan fingerprint density at radius 2 is 2.45 bits per heavy atom. The lowest BCUT2D eigenvalue weighted by atomic mass is 9.92. The summed E-state index contributed by atoms with van der Waals surface area (Å²) in [5.41, 5.74) is 0. The minimum absolute atomic E-state index is 0.126. The summed E-state index contributed by atoms with van der Waals surface area (Å²) in [5, 5.41) is 9.34. The maximum atomic E-state index is 10.7. The molecule has 3 heteroatoms. The van der Waals surface area contributed by atoms with E-state index in [1.54, 1.807) is 6.92 Å². The second-order valence-electron chi connectivity index (χ2n) is 3.10. The first-order valence-corrected chi connectivity index (χ1v) is 3.95. The second kappa shape index (κ2) is 3.83. The highest BCUT2D eigenvalue weighted by Crippen LogP contribution is 2.18. The lowest BCUT2D eigenvalue weighted by Crippen LogP contribution is -2.33. The van der Waals surface area contributed by atoms with Gasteiger partial charge in [0.15, 0.2) is 0 Å². The van der Waals surface area contributed by atoms with Crippen LogP contribution in [0, 0.1) is 5.92 Å². The monoisotopic (exact) mass is 158 g/mol. The smallest absolute Gasteiger partial charge is 0.130 e. The molecule has 1 aliphatic heterocycles. The molecule has 0 aromatic rings. The number of carbonyl (C=O) groups excluding carboxylic acids is 1. The number of Topliss-reactive ketones (excluding diaryl/α,β-unsaturated/α-hetero) is 1. The van der Waals surface area contributed by atoms with Gasteiger partial charge in [-0.1, -0.05) is 0 Å². The number of hydrogen-bond acceptors (Lipinski definition) is 3. The first-order valence-electron chi connectivity index (χ1n) is 3.95. The summed E-state index contributed by atoms with van der Waals surface area (Å²) in [7, 11) is 0. The van der Waals surface area contributed by atoms with Crippen molar-refractivity contribution >= 4 is 5.78 Å². The van der Waals surface area contributed by atoms with E-state index in [-0.39, 0.29) is 11.7 Å². The number of hydrogen-bond donors (Lipinski definition) is 1. The van der Waals surface area contributed by atoms with Crippen molar-refractivity contribution in [2.45, 2.75) is 25.9 Å². The average molecular weight is 158 g/mol. The fourth-order valence-corrected chi connectivity index (χ4v) is 1.37. The van der Waals surface area contributed by atoms with Crippen molar-refractivity contribution in [3.05, 3.63) is 0 Å². The second-order valence-corrected chi connectivity index (χ2v) is 3.10. The van der Waals surface area contributed by atoms with Gasteiger partial charge in [-0.25, -0.2) is 0 Å². The molecule has 11 heavy (non-hydrogen) atoms. The first kappa shape index (κ1) is 8.68. The van der Waals surface area contributed by atoms with Crippen LogP contribution in [0.2, 0.25) is 0 Å². The zero-order chi connectivity index (χ0) is 8.27. The Morgan fingerprint density at radius 3 is 3.00 bits per heavy atom. The summed E-state index contributed by atoms with van der Waals surface area (Å²) >= 11 is 0. The van der Waals surface area contributed by atoms with Crippen LogP contribution in [0.3, 0.4) is 0 Å². The van der Waals surface area contributed by atoms with E-state index < -0.39 is 6.10 Å². The Labute approximate surface area is 66.4 Å². The van der Waals surface area contributed by atoms with Crippen LogP contribution in [0.5, 0.6) is 0 Å². The number of ketones is 1. The normalized spacial score (nSPS) is 31.8. The summed E-state index contributed by atoms with van der Waals surface area (Å²) in [6.45, 7) is 2.62. The van der Waals surface area contributed by atoms with Gasteiger partial charge in [-0.2, -0.15) is 0 Å². The summed E-state index contributed by atoms with van der Waals surface area (Å²) in [6.07, 6.45) is 0.860. The third-order valence-corrected chi connectivity index (χ3v) is 2.02. The van der Waals surface area contributed by atoms with E-state index in [1.165, 1.54) is 0 Å². The van der Waals surface area contributed by atoms with Gasteiger partial charge >= 0.3 is 0 Å². The van der Waals surface area contributed by atoms with Crippen molar-refractivity contribution in [2.75, 3.05) is 13.2 Å². The third kappa shape index (κ3) is 2.60. The number of rotatable bonds is 2. The van der Waals surface area contributed by atoms with Gasteiger partial charge in [0, 0.05) is 13.0 Å². The van der Waals surface area contributed by atoms with Crippen molar-refractivity contribution in [2.24, 2.45) is 5.92 Å². The number of aliphatic hydroxyl groups is 1. The van der Waals surface area contributed by atoms with E-state index in [1.807, 2.05) is 0 Å². The predicted molar refractivity (Wildman–Crippen MR) is 40.2 cm³/mol. The Balaban J connectivity index is 2.35. The molecule has 0 amide bonds. The van der Waals surface area contributed by atoms with Crippen LogP contribution >= 0.6 is 0 Å². The molecule has 0 radical (unpaired) electrons. The molecule has 64 valence electrons. The van der Waals surface area contributed by atoms with E-state index >= 15 is 0 Å². The first-order chi connectivity index (χ1) is 5.20. The van der Waals surface area contributed by atoms with Crippen LogP contribution in [-0.4, -0.2) is 30.2 Å². The van der Waals surface area contributed by atoms with Gasteiger partial charge in [0.05, 0.1) is 12.7 Å². The fourth-order valence-electron chi connectivity index (χ4n) is 1.37. The van der Waals surface area contributed by atoms with E-state index in [0.717, 1.165) is 6.42 Å². The highest BCUT2D eigenvalue weighted by molar-refractivity contribution is 5.75. The van der Waals surface area contributed by atoms with Crippen molar-refractivity contribution in [1.29, 1.82) is 0 Å². The van der Waals surface area contributed by atoms with E-state index in [4.69, 9.17) is 4.74 Å². The standard InChI is InChI=1S/C8H14O3/c1-6(9)4-7-2-3-11-5-8(7)10/h7-8,10H,2-5H2,1H3. The van der Waals surface area contributed by atoms with Gasteiger partial charge in [0.25, 0.3) is 0 Å². The van der Waals surface area contributed by atoms with Crippen molar-refractivity contribution < 1.29 is 14.6 Å². The molecule has 1 aliphatic rings. The van der Waals surface area contributed by atoms with Gasteiger partial charge in [0.2, 0.25) is 0 Å². The van der Waals surface area contributed by atoms with Gasteiger partial charge in [0.1, 0.15) is 5.78 Å². The van der Waals surface area contributed by atoms with Gasteiger partial charge < -0.3 is 14.6 Å². The average Bonchev–Trinajstić information content (AvgIpc) is 1.93. The van der Waals surface area contributed by atoms with Crippen LogP contribution < -0.4 is 0 Å². The molecule has 0 aromatic heterocycles. The Bertz CT molecular complexity index is 144. The summed E-state index contributed by atoms with van der Waals surface area (Å²) < 4.78 is 5.03. The molecule has 0 bridgehead atoms. The molecule has 2 unspecified atom stereocenters. The van der Waals surface area contributed by atoms with Gasteiger partial charge in [-0.15, -0.1) is 0 Å². The molecule has 1 rings (SSSR count). The molecular weight excluding hydrogens is 144 g/mol. The number of carbonyl (C=O) groups is 1. The molecule has 1 fully saturated rings. The highest BCUT2D eigenvalue weighted by atomic mass is 16.5. The molecule has 0 aromatic carbocycles. The van der Waals surface area contributed by atoms with Crippen LogP contribution in [0.15, 0.2) is 0 Å². The molecule has 0 saturated carbocycles. The Hall–Kier alpha value is -0.410.